The van der Waals surface area contributed by atoms with Crippen LogP contribution in [0.3, 0.4) is 0 Å². The maximum Gasteiger partial charge on any atom is 0.426 e. The summed E-state index contributed by atoms with van der Waals surface area (Å²) in [4.78, 5) is 24.9. The van der Waals surface area contributed by atoms with Gasteiger partial charge in [0, 0.05) is 6.20 Å². The lowest BCUT2D eigenvalue weighted by Crippen LogP contribution is -2.44. The largest absolute Gasteiger partial charge is 0.488 e. The van der Waals surface area contributed by atoms with Gasteiger partial charge in [-0.3, -0.25) is 4.79 Å². The van der Waals surface area contributed by atoms with Gasteiger partial charge < -0.3 is 9.84 Å². The third-order valence-corrected chi connectivity index (χ3v) is 4.46. The van der Waals surface area contributed by atoms with Gasteiger partial charge in [-0.2, -0.15) is 13.2 Å². The van der Waals surface area contributed by atoms with E-state index in [2.05, 4.69) is 21.5 Å². The Bertz CT molecular complexity index is 1170. The van der Waals surface area contributed by atoms with E-state index in [-0.39, 0.29) is 29.1 Å². The molecular weight excluding hydrogens is 379 g/mol. The number of nitrogens with zero attached hydrogens (tertiary/aromatic N) is 5. The first-order chi connectivity index (χ1) is 13.2. The summed E-state index contributed by atoms with van der Waals surface area (Å²) in [5, 5.41) is 10.3. The van der Waals surface area contributed by atoms with E-state index in [1.54, 1.807) is 6.92 Å². The van der Waals surface area contributed by atoms with Crippen LogP contribution in [0.15, 0.2) is 35.8 Å². The van der Waals surface area contributed by atoms with Gasteiger partial charge in [0.05, 0.1) is 6.54 Å². The summed E-state index contributed by atoms with van der Waals surface area (Å²) in [6.45, 7) is 4.28. The SMILES string of the molecule is C=CCn1c(=O)c2cnc(C)nc2n1-c1ccc2c(n1)C(O)(C(F)(F)F)CO2. The van der Waals surface area contributed by atoms with Crippen molar-refractivity contribution in [3.05, 3.63) is 52.9 Å². The molecule has 1 N–H and O–H groups in total. The van der Waals surface area contributed by atoms with Crippen molar-refractivity contribution in [1.29, 1.82) is 0 Å². The molecule has 28 heavy (non-hydrogen) atoms. The smallest absolute Gasteiger partial charge is 0.426 e. The van der Waals surface area contributed by atoms with Crippen LogP contribution in [0.4, 0.5) is 13.2 Å². The molecule has 11 heteroatoms. The van der Waals surface area contributed by atoms with Crippen LogP contribution < -0.4 is 10.3 Å². The molecule has 3 aromatic heterocycles. The maximum absolute atomic E-state index is 13.4. The number of halogens is 3. The highest BCUT2D eigenvalue weighted by molar-refractivity contribution is 5.75. The molecule has 0 saturated heterocycles. The summed E-state index contributed by atoms with van der Waals surface area (Å²) in [5.74, 6) is 0.163. The fourth-order valence-electron chi connectivity index (χ4n) is 3.07. The molecule has 3 aromatic rings. The van der Waals surface area contributed by atoms with Crippen LogP contribution in [0.1, 0.15) is 11.5 Å². The first kappa shape index (κ1) is 18.2. The minimum Gasteiger partial charge on any atom is -0.488 e. The van der Waals surface area contributed by atoms with Crippen molar-refractivity contribution < 1.29 is 23.0 Å². The van der Waals surface area contributed by atoms with Gasteiger partial charge in [-0.1, -0.05) is 6.08 Å². The third-order valence-electron chi connectivity index (χ3n) is 4.46. The molecule has 0 bridgehead atoms. The Labute approximate surface area is 155 Å². The number of alkyl halides is 3. The molecule has 1 aliphatic rings. The number of hydrogen-bond acceptors (Lipinski definition) is 6. The zero-order chi connectivity index (χ0) is 20.3. The summed E-state index contributed by atoms with van der Waals surface area (Å²) >= 11 is 0. The standard InChI is InChI=1S/C17H14F3N5O3/c1-3-6-24-15(26)10-7-21-9(2)22-14(10)25(24)12-5-4-11-13(23-12)16(27,8-28-11)17(18,19)20/h3-5,7,27H,1,6,8H2,2H3. The van der Waals surface area contributed by atoms with Crippen molar-refractivity contribution in [2.24, 2.45) is 0 Å². The van der Waals surface area contributed by atoms with Crippen LogP contribution in [0.5, 0.6) is 5.75 Å². The number of aromatic nitrogens is 5. The summed E-state index contributed by atoms with van der Waals surface area (Å²) < 4.78 is 47.7. The summed E-state index contributed by atoms with van der Waals surface area (Å²) in [6, 6.07) is 2.65. The molecule has 146 valence electrons. The number of aliphatic hydroxyl groups is 1. The van der Waals surface area contributed by atoms with Crippen LogP contribution in [-0.2, 0) is 12.1 Å². The average Bonchev–Trinajstić information content (AvgIpc) is 3.11. The van der Waals surface area contributed by atoms with Crippen LogP contribution in [0.25, 0.3) is 16.9 Å². The molecule has 0 fully saturated rings. The second-order valence-electron chi connectivity index (χ2n) is 6.31. The van der Waals surface area contributed by atoms with Gasteiger partial charge in [-0.15, -0.1) is 6.58 Å². The van der Waals surface area contributed by atoms with E-state index in [4.69, 9.17) is 4.74 Å². The Hall–Kier alpha value is -3.21. The molecule has 0 aliphatic carbocycles. The number of fused-ring (bicyclic) bond motifs is 2. The second kappa shape index (κ2) is 5.89. The summed E-state index contributed by atoms with van der Waals surface area (Å²) in [5.41, 5.74) is -4.17. The van der Waals surface area contributed by atoms with Crippen LogP contribution in [-0.4, -0.2) is 42.2 Å². The van der Waals surface area contributed by atoms with Gasteiger partial charge in [0.25, 0.3) is 5.56 Å². The van der Waals surface area contributed by atoms with E-state index >= 15 is 0 Å². The van der Waals surface area contributed by atoms with Crippen LogP contribution >= 0.6 is 0 Å². The Kier molecular flexibility index (Phi) is 3.82. The highest BCUT2D eigenvalue weighted by Gasteiger charge is 2.61. The van der Waals surface area contributed by atoms with E-state index < -0.39 is 29.6 Å². The van der Waals surface area contributed by atoms with E-state index in [0.717, 1.165) is 0 Å². The van der Waals surface area contributed by atoms with Gasteiger partial charge in [-0.05, 0) is 19.1 Å². The minimum absolute atomic E-state index is 0.0287. The van der Waals surface area contributed by atoms with Crippen molar-refractivity contribution in [3.63, 3.8) is 0 Å². The molecule has 1 aliphatic heterocycles. The average molecular weight is 393 g/mol. The molecule has 0 aromatic carbocycles. The van der Waals surface area contributed by atoms with E-state index in [0.29, 0.717) is 5.82 Å². The zero-order valence-electron chi connectivity index (χ0n) is 14.6. The monoisotopic (exact) mass is 393 g/mol. The fourth-order valence-corrected chi connectivity index (χ4v) is 3.07. The van der Waals surface area contributed by atoms with E-state index in [1.807, 2.05) is 0 Å². The van der Waals surface area contributed by atoms with Crippen molar-refractivity contribution >= 4 is 11.0 Å². The lowest BCUT2D eigenvalue weighted by atomic mass is 10.0. The lowest BCUT2D eigenvalue weighted by Gasteiger charge is -2.23. The summed E-state index contributed by atoms with van der Waals surface area (Å²) in [6.07, 6.45) is -2.18. The Balaban J connectivity index is 2.01. The maximum atomic E-state index is 13.4. The van der Waals surface area contributed by atoms with Crippen molar-refractivity contribution in [2.45, 2.75) is 25.2 Å². The molecule has 8 nitrogen and oxygen atoms in total. The molecule has 0 radical (unpaired) electrons. The van der Waals surface area contributed by atoms with Gasteiger partial charge in [0.2, 0.25) is 5.60 Å². The topological polar surface area (TPSA) is 95.1 Å². The Morgan fingerprint density at radius 1 is 1.39 bits per heavy atom. The highest BCUT2D eigenvalue weighted by atomic mass is 19.4. The molecule has 0 saturated carbocycles. The fraction of sp³-hybridized carbons (Fsp3) is 0.294. The first-order valence-corrected chi connectivity index (χ1v) is 8.17. The molecule has 1 atom stereocenters. The van der Waals surface area contributed by atoms with Gasteiger partial charge in [0.15, 0.2) is 11.5 Å². The normalized spacial score (nSPS) is 18.9. The highest BCUT2D eigenvalue weighted by Crippen LogP contribution is 2.46. The van der Waals surface area contributed by atoms with Crippen LogP contribution in [0, 0.1) is 6.92 Å². The Morgan fingerprint density at radius 3 is 2.82 bits per heavy atom. The number of rotatable bonds is 3. The lowest BCUT2D eigenvalue weighted by molar-refractivity contribution is -0.268. The van der Waals surface area contributed by atoms with Crippen molar-refractivity contribution in [1.82, 2.24) is 24.3 Å². The molecular formula is C17H14F3N5O3. The quantitative estimate of drug-likeness (QED) is 0.680. The number of ether oxygens (including phenoxy) is 1. The predicted molar refractivity (Wildman–Crippen MR) is 91.3 cm³/mol. The second-order valence-corrected chi connectivity index (χ2v) is 6.31. The Morgan fingerprint density at radius 2 is 2.14 bits per heavy atom. The molecule has 0 spiro atoms. The van der Waals surface area contributed by atoms with E-state index in [9.17, 15) is 23.1 Å². The van der Waals surface area contributed by atoms with E-state index in [1.165, 1.54) is 33.8 Å². The zero-order valence-corrected chi connectivity index (χ0v) is 14.6. The minimum atomic E-state index is -4.98. The van der Waals surface area contributed by atoms with Gasteiger partial charge in [0.1, 0.15) is 29.3 Å². The van der Waals surface area contributed by atoms with Gasteiger partial charge in [-0.25, -0.2) is 24.3 Å². The van der Waals surface area contributed by atoms with Crippen molar-refractivity contribution in [2.75, 3.05) is 6.61 Å². The molecule has 4 heterocycles. The summed E-state index contributed by atoms with van der Waals surface area (Å²) in [7, 11) is 0. The first-order valence-electron chi connectivity index (χ1n) is 8.17. The third kappa shape index (κ3) is 2.43. The molecule has 4 rings (SSSR count). The number of pyridine rings is 1. The van der Waals surface area contributed by atoms with Crippen molar-refractivity contribution in [3.8, 4) is 11.6 Å². The molecule has 1 unspecified atom stereocenters. The number of aryl methyl sites for hydroxylation is 1. The number of hydrogen-bond donors (Lipinski definition) is 1. The van der Waals surface area contributed by atoms with Gasteiger partial charge >= 0.3 is 6.18 Å². The predicted octanol–water partition coefficient (Wildman–Crippen LogP) is 1.61. The number of allylic oxidation sites excluding steroid dienone is 1. The molecule has 0 amide bonds. The van der Waals surface area contributed by atoms with Crippen LogP contribution in [0.2, 0.25) is 0 Å².